The topological polar surface area (TPSA) is 83.5 Å². The molecule has 2 rings (SSSR count). The molecule has 0 amide bonds. The van der Waals surface area contributed by atoms with Crippen molar-refractivity contribution in [1.82, 2.24) is 0 Å². The van der Waals surface area contributed by atoms with Crippen LogP contribution in [0.4, 0.5) is 5.69 Å². The third-order valence-electron chi connectivity index (χ3n) is 2.45. The number of anilines is 1. The van der Waals surface area contributed by atoms with Gasteiger partial charge in [-0.25, -0.2) is 13.2 Å². The minimum absolute atomic E-state index is 0.00683. The third kappa shape index (κ3) is 1.65. The van der Waals surface area contributed by atoms with Gasteiger partial charge in [-0.1, -0.05) is 6.07 Å². The fourth-order valence-electron chi connectivity index (χ4n) is 1.82. The Morgan fingerprint density at radius 3 is 2.81 bits per heavy atom. The van der Waals surface area contributed by atoms with Crippen molar-refractivity contribution in [1.29, 1.82) is 0 Å². The molecular weight excluding hydrogens is 230 g/mol. The molecule has 0 aromatic heterocycles. The predicted molar refractivity (Wildman–Crippen MR) is 58.5 cm³/mol. The van der Waals surface area contributed by atoms with E-state index < -0.39 is 15.8 Å². The molecule has 1 heterocycles. The highest BCUT2D eigenvalue weighted by Crippen LogP contribution is 2.31. The largest absolute Gasteiger partial charge is 0.478 e. The van der Waals surface area contributed by atoms with Crippen molar-refractivity contribution in [3.63, 3.8) is 0 Å². The van der Waals surface area contributed by atoms with Crippen molar-refractivity contribution in [3.05, 3.63) is 23.8 Å². The van der Waals surface area contributed by atoms with Gasteiger partial charge >= 0.3 is 5.97 Å². The van der Waals surface area contributed by atoms with Crippen LogP contribution >= 0.6 is 0 Å². The summed E-state index contributed by atoms with van der Waals surface area (Å²) in [5.41, 5.74) is 0.196. The highest BCUT2D eigenvalue weighted by atomic mass is 32.2. The molecule has 0 saturated carbocycles. The van der Waals surface area contributed by atoms with Gasteiger partial charge in [0.05, 0.1) is 21.9 Å². The smallest absolute Gasteiger partial charge is 0.337 e. The number of carboxylic acids is 1. The fourth-order valence-corrected chi connectivity index (χ4v) is 3.51. The Labute approximate surface area is 93.0 Å². The summed E-state index contributed by atoms with van der Waals surface area (Å²) in [6.07, 6.45) is 0. The number of sulfone groups is 1. The molecule has 0 fully saturated rings. The van der Waals surface area contributed by atoms with Gasteiger partial charge in [0, 0.05) is 6.04 Å². The van der Waals surface area contributed by atoms with Crippen LogP contribution in [0.5, 0.6) is 0 Å². The number of aromatic carboxylic acids is 1. The SMILES string of the molecule is CC1CS(=O)(=O)c2cccc(C(=O)O)c2N1. The number of carboxylic acid groups (broad SMARTS) is 1. The number of nitrogens with one attached hydrogen (secondary N) is 1. The molecular formula is C10H11NO4S. The van der Waals surface area contributed by atoms with Gasteiger partial charge in [0.2, 0.25) is 0 Å². The van der Waals surface area contributed by atoms with E-state index >= 15 is 0 Å². The van der Waals surface area contributed by atoms with E-state index in [4.69, 9.17) is 5.11 Å². The highest BCUT2D eigenvalue weighted by Gasteiger charge is 2.30. The van der Waals surface area contributed by atoms with E-state index in [0.29, 0.717) is 0 Å². The third-order valence-corrected chi connectivity index (χ3v) is 4.40. The number of hydrogen-bond donors (Lipinski definition) is 2. The number of carbonyl (C=O) groups is 1. The maximum absolute atomic E-state index is 11.8. The average Bonchev–Trinajstić information content (AvgIpc) is 2.15. The molecule has 0 spiro atoms. The molecule has 6 heteroatoms. The van der Waals surface area contributed by atoms with Crippen LogP contribution in [-0.4, -0.2) is 31.3 Å². The van der Waals surface area contributed by atoms with Crippen molar-refractivity contribution >= 4 is 21.5 Å². The Morgan fingerprint density at radius 1 is 1.50 bits per heavy atom. The summed E-state index contributed by atoms with van der Waals surface area (Å²) in [4.78, 5) is 11.0. The summed E-state index contributed by atoms with van der Waals surface area (Å²) in [5.74, 6) is -1.14. The molecule has 0 saturated heterocycles. The van der Waals surface area contributed by atoms with Crippen LogP contribution in [0.3, 0.4) is 0 Å². The zero-order valence-electron chi connectivity index (χ0n) is 8.60. The van der Waals surface area contributed by atoms with E-state index in [1.54, 1.807) is 6.92 Å². The molecule has 1 aromatic rings. The second-order valence-corrected chi connectivity index (χ2v) is 5.81. The first kappa shape index (κ1) is 10.9. The summed E-state index contributed by atoms with van der Waals surface area (Å²) >= 11 is 0. The minimum atomic E-state index is -3.37. The van der Waals surface area contributed by atoms with E-state index in [-0.39, 0.29) is 27.9 Å². The summed E-state index contributed by atoms with van der Waals surface area (Å²) < 4.78 is 23.7. The quantitative estimate of drug-likeness (QED) is 0.765. The van der Waals surface area contributed by atoms with Gasteiger partial charge in [0.15, 0.2) is 9.84 Å². The molecule has 1 aromatic carbocycles. The lowest BCUT2D eigenvalue weighted by atomic mass is 10.1. The zero-order chi connectivity index (χ0) is 11.9. The van der Waals surface area contributed by atoms with Crippen LogP contribution in [0.2, 0.25) is 0 Å². The first-order chi connectivity index (χ1) is 7.42. The lowest BCUT2D eigenvalue weighted by Crippen LogP contribution is -2.32. The van der Waals surface area contributed by atoms with Gasteiger partial charge in [-0.2, -0.15) is 0 Å². The summed E-state index contributed by atoms with van der Waals surface area (Å²) in [6.45, 7) is 1.71. The van der Waals surface area contributed by atoms with Gasteiger partial charge in [-0.05, 0) is 19.1 Å². The van der Waals surface area contributed by atoms with Gasteiger partial charge in [0.1, 0.15) is 0 Å². The average molecular weight is 241 g/mol. The van der Waals surface area contributed by atoms with E-state index in [0.717, 1.165) is 0 Å². The van der Waals surface area contributed by atoms with Crippen molar-refractivity contribution in [2.24, 2.45) is 0 Å². The van der Waals surface area contributed by atoms with Crippen molar-refractivity contribution in [2.75, 3.05) is 11.1 Å². The van der Waals surface area contributed by atoms with Crippen LogP contribution in [0.15, 0.2) is 23.1 Å². The monoisotopic (exact) mass is 241 g/mol. The minimum Gasteiger partial charge on any atom is -0.478 e. The molecule has 1 aliphatic heterocycles. The Bertz CT molecular complexity index is 550. The first-order valence-corrected chi connectivity index (χ1v) is 6.42. The van der Waals surface area contributed by atoms with Gasteiger partial charge in [-0.3, -0.25) is 0 Å². The zero-order valence-corrected chi connectivity index (χ0v) is 9.41. The number of fused-ring (bicyclic) bond motifs is 1. The predicted octanol–water partition coefficient (Wildman–Crippen LogP) is 0.972. The second-order valence-electron chi connectivity index (χ2n) is 3.81. The lowest BCUT2D eigenvalue weighted by molar-refractivity contribution is 0.0697. The van der Waals surface area contributed by atoms with Crippen LogP contribution in [-0.2, 0) is 9.84 Å². The van der Waals surface area contributed by atoms with Crippen LogP contribution in [0.25, 0.3) is 0 Å². The molecule has 5 nitrogen and oxygen atoms in total. The summed E-state index contributed by atoms with van der Waals surface area (Å²) in [5, 5.41) is 11.9. The normalized spacial score (nSPS) is 21.9. The van der Waals surface area contributed by atoms with Crippen molar-refractivity contribution in [3.8, 4) is 0 Å². The van der Waals surface area contributed by atoms with Crippen molar-refractivity contribution < 1.29 is 18.3 Å². The van der Waals surface area contributed by atoms with E-state index in [1.807, 2.05) is 0 Å². The molecule has 0 radical (unpaired) electrons. The summed E-state index contributed by atoms with van der Waals surface area (Å²) in [7, 11) is -3.37. The molecule has 16 heavy (non-hydrogen) atoms. The van der Waals surface area contributed by atoms with E-state index in [1.165, 1.54) is 18.2 Å². The van der Waals surface area contributed by atoms with E-state index in [2.05, 4.69) is 5.32 Å². The second kappa shape index (κ2) is 3.48. The van der Waals surface area contributed by atoms with Crippen LogP contribution in [0.1, 0.15) is 17.3 Å². The Kier molecular flexibility index (Phi) is 2.38. The number of hydrogen-bond acceptors (Lipinski definition) is 4. The Balaban J connectivity index is 2.72. The lowest BCUT2D eigenvalue weighted by Gasteiger charge is -2.25. The van der Waals surface area contributed by atoms with Crippen molar-refractivity contribution in [2.45, 2.75) is 17.9 Å². The molecule has 1 atom stereocenters. The standard InChI is InChI=1S/C10H11NO4S/c1-6-5-16(14,15)8-4-2-3-7(10(12)13)9(8)11-6/h2-4,6,11H,5H2,1H3,(H,12,13). The molecule has 86 valence electrons. The maximum Gasteiger partial charge on any atom is 0.337 e. The molecule has 1 unspecified atom stereocenters. The number of benzene rings is 1. The Morgan fingerprint density at radius 2 is 2.19 bits per heavy atom. The van der Waals surface area contributed by atoms with Crippen LogP contribution in [0, 0.1) is 0 Å². The Hall–Kier alpha value is -1.56. The maximum atomic E-state index is 11.8. The van der Waals surface area contributed by atoms with Gasteiger partial charge in [0.25, 0.3) is 0 Å². The number of rotatable bonds is 1. The molecule has 0 aliphatic carbocycles. The van der Waals surface area contributed by atoms with Gasteiger partial charge < -0.3 is 10.4 Å². The summed E-state index contributed by atoms with van der Waals surface area (Å²) in [6, 6.07) is 3.98. The first-order valence-electron chi connectivity index (χ1n) is 4.77. The molecule has 2 N–H and O–H groups in total. The highest BCUT2D eigenvalue weighted by molar-refractivity contribution is 7.91. The number of para-hydroxylation sites is 1. The van der Waals surface area contributed by atoms with E-state index in [9.17, 15) is 13.2 Å². The molecule has 1 aliphatic rings. The molecule has 0 bridgehead atoms. The fraction of sp³-hybridized carbons (Fsp3) is 0.300. The van der Waals surface area contributed by atoms with Gasteiger partial charge in [-0.15, -0.1) is 0 Å². The van der Waals surface area contributed by atoms with Crippen LogP contribution < -0.4 is 5.32 Å².